The first-order valence-corrected chi connectivity index (χ1v) is 9.93. The summed E-state index contributed by atoms with van der Waals surface area (Å²) in [6, 6.07) is 7.39. The van der Waals surface area contributed by atoms with Crippen molar-refractivity contribution in [1.82, 2.24) is 15.5 Å². The predicted molar refractivity (Wildman–Crippen MR) is 106 cm³/mol. The highest BCUT2D eigenvalue weighted by Gasteiger charge is 2.48. The molecule has 0 spiro atoms. The second-order valence-electron chi connectivity index (χ2n) is 7.90. The van der Waals surface area contributed by atoms with E-state index in [1.165, 1.54) is 6.42 Å². The Kier molecular flexibility index (Phi) is 4.16. The monoisotopic (exact) mass is 380 g/mol. The van der Waals surface area contributed by atoms with Crippen LogP contribution in [-0.4, -0.2) is 47.1 Å². The molecule has 4 heterocycles. The van der Waals surface area contributed by atoms with Crippen LogP contribution in [0.5, 0.6) is 0 Å². The van der Waals surface area contributed by atoms with Crippen LogP contribution in [0, 0.1) is 0 Å². The number of amides is 1. The third kappa shape index (κ3) is 2.71. The zero-order valence-corrected chi connectivity index (χ0v) is 16.1. The second kappa shape index (κ2) is 6.70. The van der Waals surface area contributed by atoms with E-state index in [0.29, 0.717) is 17.8 Å². The summed E-state index contributed by atoms with van der Waals surface area (Å²) in [6.45, 7) is 5.08. The molecule has 0 saturated carbocycles. The van der Waals surface area contributed by atoms with Crippen LogP contribution < -0.4 is 15.1 Å². The maximum absolute atomic E-state index is 13.4. The molecule has 0 bridgehead atoms. The number of rotatable bonds is 4. The highest BCUT2D eigenvalue weighted by molar-refractivity contribution is 6.12. The van der Waals surface area contributed by atoms with Crippen LogP contribution in [0.1, 0.15) is 44.4 Å². The molecular weight excluding hydrogens is 356 g/mol. The van der Waals surface area contributed by atoms with E-state index in [4.69, 9.17) is 4.52 Å². The highest BCUT2D eigenvalue weighted by atomic mass is 16.5. The predicted octanol–water partition coefficient (Wildman–Crippen LogP) is 2.08. The minimum Gasteiger partial charge on any atom is -0.337 e. The molecule has 1 amide bonds. The number of nitrogens with one attached hydrogen (secondary N) is 1. The van der Waals surface area contributed by atoms with Crippen LogP contribution in [0.15, 0.2) is 33.8 Å². The quantitative estimate of drug-likeness (QED) is 0.874. The minimum absolute atomic E-state index is 0.00779. The molecule has 1 fully saturated rings. The van der Waals surface area contributed by atoms with Gasteiger partial charge in [-0.1, -0.05) is 17.3 Å². The van der Waals surface area contributed by atoms with Crippen LogP contribution >= 0.6 is 0 Å². The van der Waals surface area contributed by atoms with Crippen molar-refractivity contribution < 1.29 is 9.32 Å². The normalized spacial score (nSPS) is 26.2. The lowest BCUT2D eigenvalue weighted by Crippen LogP contribution is -2.55. The van der Waals surface area contributed by atoms with E-state index in [-0.39, 0.29) is 11.9 Å². The van der Waals surface area contributed by atoms with E-state index in [9.17, 15) is 4.79 Å². The molecule has 1 aromatic carbocycles. The number of nitrogens with zero attached hydrogens (tertiary/aromatic N) is 5. The molecule has 146 valence electrons. The number of fused-ring (bicyclic) bond motifs is 3. The lowest BCUT2D eigenvalue weighted by atomic mass is 10.00. The SMILES string of the molecule is CC(C)N1C(=O)C2C(c3nc(CC4CCCN4)no3)N=CN2c2ccccc21. The number of carbonyl (C=O) groups is 1. The molecule has 3 aliphatic rings. The van der Waals surface area contributed by atoms with E-state index >= 15 is 0 Å². The number of aliphatic imine (C=N–C) groups is 1. The fourth-order valence-corrected chi connectivity index (χ4v) is 4.42. The average Bonchev–Trinajstić information content (AvgIpc) is 3.42. The molecule has 2 aromatic rings. The van der Waals surface area contributed by atoms with Gasteiger partial charge in [0.25, 0.3) is 11.8 Å². The van der Waals surface area contributed by atoms with Gasteiger partial charge in [0.05, 0.1) is 17.7 Å². The van der Waals surface area contributed by atoms with Gasteiger partial charge in [-0.2, -0.15) is 4.98 Å². The molecular formula is C20H24N6O2. The van der Waals surface area contributed by atoms with Crippen LogP contribution in [0.3, 0.4) is 0 Å². The Morgan fingerprint density at radius 2 is 2.11 bits per heavy atom. The standard InChI is InChI=1S/C20H24N6O2/c1-12(2)26-15-8-4-3-7-14(15)25-11-22-17(18(25)20(26)27)19-23-16(24-28-19)10-13-6-5-9-21-13/h3-4,7-8,11-13,17-18,21H,5-6,9-10H2,1-2H3. The fraction of sp³-hybridized carbons (Fsp3) is 0.500. The summed E-state index contributed by atoms with van der Waals surface area (Å²) in [6.07, 6.45) is 4.77. The van der Waals surface area contributed by atoms with E-state index in [2.05, 4.69) is 20.4 Å². The topological polar surface area (TPSA) is 86.9 Å². The summed E-state index contributed by atoms with van der Waals surface area (Å²) in [7, 11) is 0. The fourth-order valence-electron chi connectivity index (χ4n) is 4.42. The number of anilines is 2. The van der Waals surface area contributed by atoms with Gasteiger partial charge >= 0.3 is 0 Å². The zero-order chi connectivity index (χ0) is 19.3. The molecule has 3 unspecified atom stereocenters. The van der Waals surface area contributed by atoms with Crippen molar-refractivity contribution in [2.75, 3.05) is 16.3 Å². The first kappa shape index (κ1) is 17.4. The largest absolute Gasteiger partial charge is 0.337 e. The van der Waals surface area contributed by atoms with Gasteiger partial charge in [-0.25, -0.2) is 0 Å². The van der Waals surface area contributed by atoms with Crippen LogP contribution in [0.4, 0.5) is 11.4 Å². The molecule has 28 heavy (non-hydrogen) atoms. The lowest BCUT2D eigenvalue weighted by Gasteiger charge is -2.41. The number of carbonyl (C=O) groups excluding carboxylic acids is 1. The number of hydrogen-bond acceptors (Lipinski definition) is 7. The van der Waals surface area contributed by atoms with Crippen molar-refractivity contribution in [3.05, 3.63) is 36.0 Å². The number of benzene rings is 1. The average molecular weight is 380 g/mol. The van der Waals surface area contributed by atoms with Gasteiger partial charge in [0.1, 0.15) is 6.04 Å². The summed E-state index contributed by atoms with van der Waals surface area (Å²) >= 11 is 0. The van der Waals surface area contributed by atoms with Crippen molar-refractivity contribution >= 4 is 23.6 Å². The van der Waals surface area contributed by atoms with Gasteiger partial charge in [0, 0.05) is 18.5 Å². The summed E-state index contributed by atoms with van der Waals surface area (Å²) < 4.78 is 5.54. The summed E-state index contributed by atoms with van der Waals surface area (Å²) in [5.74, 6) is 1.09. The van der Waals surface area contributed by atoms with Gasteiger partial charge in [-0.15, -0.1) is 0 Å². The zero-order valence-electron chi connectivity index (χ0n) is 16.1. The molecule has 0 aliphatic carbocycles. The Morgan fingerprint density at radius 3 is 2.86 bits per heavy atom. The Balaban J connectivity index is 1.45. The molecule has 0 radical (unpaired) electrons. The van der Waals surface area contributed by atoms with Crippen molar-refractivity contribution in [3.8, 4) is 0 Å². The third-order valence-electron chi connectivity index (χ3n) is 5.70. The summed E-state index contributed by atoms with van der Waals surface area (Å²) in [4.78, 5) is 26.3. The molecule has 1 N–H and O–H groups in total. The van der Waals surface area contributed by atoms with Crippen molar-refractivity contribution in [1.29, 1.82) is 0 Å². The molecule has 5 rings (SSSR count). The van der Waals surface area contributed by atoms with Crippen LogP contribution in [-0.2, 0) is 11.2 Å². The van der Waals surface area contributed by atoms with E-state index in [0.717, 1.165) is 30.8 Å². The summed E-state index contributed by atoms with van der Waals surface area (Å²) in [5, 5.41) is 7.59. The van der Waals surface area contributed by atoms with E-state index < -0.39 is 12.1 Å². The molecule has 1 aromatic heterocycles. The third-order valence-corrected chi connectivity index (χ3v) is 5.70. The lowest BCUT2D eigenvalue weighted by molar-refractivity contribution is -0.120. The van der Waals surface area contributed by atoms with Gasteiger partial charge in [-0.05, 0) is 45.4 Å². The highest BCUT2D eigenvalue weighted by Crippen LogP contribution is 2.42. The Hall–Kier alpha value is -2.74. The van der Waals surface area contributed by atoms with Gasteiger partial charge < -0.3 is 19.6 Å². The summed E-state index contributed by atoms with van der Waals surface area (Å²) in [5.41, 5.74) is 1.88. The second-order valence-corrected chi connectivity index (χ2v) is 7.90. The molecule has 8 nitrogen and oxygen atoms in total. The molecule has 1 saturated heterocycles. The van der Waals surface area contributed by atoms with Gasteiger partial charge in [0.15, 0.2) is 11.9 Å². The minimum atomic E-state index is -0.491. The first-order chi connectivity index (χ1) is 13.6. The maximum atomic E-state index is 13.4. The maximum Gasteiger partial charge on any atom is 0.254 e. The van der Waals surface area contributed by atoms with Crippen molar-refractivity contribution in [2.24, 2.45) is 4.99 Å². The van der Waals surface area contributed by atoms with Crippen LogP contribution in [0.2, 0.25) is 0 Å². The van der Waals surface area contributed by atoms with Gasteiger partial charge in [-0.3, -0.25) is 9.79 Å². The Morgan fingerprint density at radius 1 is 1.29 bits per heavy atom. The van der Waals surface area contributed by atoms with Gasteiger partial charge in [0.2, 0.25) is 0 Å². The van der Waals surface area contributed by atoms with Crippen molar-refractivity contribution in [2.45, 2.75) is 57.3 Å². The number of hydrogen-bond donors (Lipinski definition) is 1. The van der Waals surface area contributed by atoms with Crippen molar-refractivity contribution in [3.63, 3.8) is 0 Å². The molecule has 3 aliphatic heterocycles. The first-order valence-electron chi connectivity index (χ1n) is 9.93. The smallest absolute Gasteiger partial charge is 0.254 e. The van der Waals surface area contributed by atoms with Crippen LogP contribution in [0.25, 0.3) is 0 Å². The number of para-hydroxylation sites is 2. The Labute approximate surface area is 163 Å². The Bertz CT molecular complexity index is 917. The number of aromatic nitrogens is 2. The van der Waals surface area contributed by atoms with E-state index in [1.54, 1.807) is 6.34 Å². The molecule has 8 heteroatoms. The molecule has 3 atom stereocenters. The van der Waals surface area contributed by atoms with E-state index in [1.807, 2.05) is 47.9 Å².